The predicted molar refractivity (Wildman–Crippen MR) is 75.6 cm³/mol. The summed E-state index contributed by atoms with van der Waals surface area (Å²) in [6.45, 7) is 10.4. The molecule has 0 fully saturated rings. The van der Waals surface area contributed by atoms with Crippen molar-refractivity contribution in [3.63, 3.8) is 0 Å². The Kier molecular flexibility index (Phi) is 5.15. The van der Waals surface area contributed by atoms with E-state index in [1.54, 1.807) is 0 Å². The zero-order valence-corrected chi connectivity index (χ0v) is 12.0. The molecular weight excluding hydrogens is 222 g/mol. The third-order valence-corrected chi connectivity index (χ3v) is 3.58. The topological polar surface area (TPSA) is 48.7 Å². The van der Waals surface area contributed by atoms with Gasteiger partial charge in [-0.25, -0.2) is 0 Å². The van der Waals surface area contributed by atoms with E-state index in [0.717, 1.165) is 29.9 Å². The lowest BCUT2D eigenvalue weighted by atomic mass is 9.95. The average molecular weight is 245 g/mol. The Morgan fingerprint density at radius 2 is 1.94 bits per heavy atom. The number of nitriles is 1. The molecule has 0 amide bonds. The highest BCUT2D eigenvalue weighted by molar-refractivity contribution is 5.60. The van der Waals surface area contributed by atoms with Gasteiger partial charge in [0.1, 0.15) is 6.07 Å². The summed E-state index contributed by atoms with van der Waals surface area (Å²) in [5, 5.41) is 12.7. The summed E-state index contributed by atoms with van der Waals surface area (Å²) < 4.78 is 0. The first-order valence-electron chi connectivity index (χ1n) is 6.68. The minimum absolute atomic E-state index is 0.369. The van der Waals surface area contributed by atoms with Gasteiger partial charge in [-0.05, 0) is 32.8 Å². The van der Waals surface area contributed by atoms with Gasteiger partial charge >= 0.3 is 0 Å². The number of hydrogen-bond acceptors (Lipinski definition) is 3. The molecule has 0 saturated heterocycles. The third kappa shape index (κ3) is 3.22. The van der Waals surface area contributed by atoms with Crippen molar-refractivity contribution in [2.45, 2.75) is 53.5 Å². The highest BCUT2D eigenvalue weighted by Gasteiger charge is 2.16. The van der Waals surface area contributed by atoms with Gasteiger partial charge in [-0.2, -0.15) is 5.26 Å². The maximum atomic E-state index is 9.23. The number of aromatic nitrogens is 1. The number of anilines is 1. The molecule has 98 valence electrons. The fourth-order valence-corrected chi connectivity index (χ4v) is 2.44. The Morgan fingerprint density at radius 1 is 1.33 bits per heavy atom. The van der Waals surface area contributed by atoms with E-state index in [1.807, 2.05) is 19.9 Å². The van der Waals surface area contributed by atoms with Gasteiger partial charge in [0, 0.05) is 11.7 Å². The Balaban J connectivity index is 3.00. The van der Waals surface area contributed by atoms with Crippen molar-refractivity contribution in [1.82, 2.24) is 4.98 Å². The Labute approximate surface area is 110 Å². The van der Waals surface area contributed by atoms with E-state index in [1.165, 1.54) is 0 Å². The Hall–Kier alpha value is -1.56. The van der Waals surface area contributed by atoms with Crippen molar-refractivity contribution in [3.8, 4) is 6.07 Å². The van der Waals surface area contributed by atoms with E-state index in [9.17, 15) is 5.26 Å². The van der Waals surface area contributed by atoms with Crippen LogP contribution in [0.15, 0.2) is 6.07 Å². The van der Waals surface area contributed by atoms with Crippen molar-refractivity contribution < 1.29 is 0 Å². The molecule has 1 aromatic heterocycles. The summed E-state index contributed by atoms with van der Waals surface area (Å²) in [7, 11) is 0. The van der Waals surface area contributed by atoms with Crippen molar-refractivity contribution in [1.29, 1.82) is 5.26 Å². The normalized spacial score (nSPS) is 12.3. The lowest BCUT2D eigenvalue weighted by molar-refractivity contribution is 0.438. The molecule has 0 aliphatic carbocycles. The molecule has 18 heavy (non-hydrogen) atoms. The van der Waals surface area contributed by atoms with Gasteiger partial charge in [0.25, 0.3) is 0 Å². The highest BCUT2D eigenvalue weighted by atomic mass is 14.9. The zero-order valence-electron chi connectivity index (χ0n) is 12.0. The van der Waals surface area contributed by atoms with E-state index >= 15 is 0 Å². The molecule has 1 N–H and O–H groups in total. The number of rotatable bonds is 5. The fraction of sp³-hybridized carbons (Fsp3) is 0.600. The molecule has 1 heterocycles. The quantitative estimate of drug-likeness (QED) is 0.858. The van der Waals surface area contributed by atoms with Crippen LogP contribution in [0.3, 0.4) is 0 Å². The van der Waals surface area contributed by atoms with Gasteiger partial charge in [0.15, 0.2) is 0 Å². The van der Waals surface area contributed by atoms with Gasteiger partial charge in [-0.15, -0.1) is 0 Å². The summed E-state index contributed by atoms with van der Waals surface area (Å²) >= 11 is 0. The van der Waals surface area contributed by atoms with Crippen LogP contribution >= 0.6 is 0 Å². The minimum atomic E-state index is 0.369. The largest absolute Gasteiger partial charge is 0.381 e. The summed E-state index contributed by atoms with van der Waals surface area (Å²) in [6.07, 6.45) is 2.30. The van der Waals surface area contributed by atoms with E-state index in [-0.39, 0.29) is 0 Å². The lowest BCUT2D eigenvalue weighted by Crippen LogP contribution is -2.25. The van der Waals surface area contributed by atoms with Crippen molar-refractivity contribution in [2.24, 2.45) is 5.92 Å². The number of aryl methyl sites for hydroxylation is 2. The smallest absolute Gasteiger partial charge is 0.103 e. The second-order valence-corrected chi connectivity index (χ2v) is 4.89. The maximum Gasteiger partial charge on any atom is 0.103 e. The summed E-state index contributed by atoms with van der Waals surface area (Å²) in [5.74, 6) is 0.630. The summed E-state index contributed by atoms with van der Waals surface area (Å²) in [4.78, 5) is 4.34. The fourth-order valence-electron chi connectivity index (χ4n) is 2.44. The molecule has 0 spiro atoms. The monoisotopic (exact) mass is 245 g/mol. The molecule has 0 bridgehead atoms. The lowest BCUT2D eigenvalue weighted by Gasteiger charge is -2.24. The van der Waals surface area contributed by atoms with Gasteiger partial charge in [-0.1, -0.05) is 26.7 Å². The van der Waals surface area contributed by atoms with Crippen LogP contribution in [-0.4, -0.2) is 11.0 Å². The van der Waals surface area contributed by atoms with Crippen LogP contribution < -0.4 is 5.32 Å². The van der Waals surface area contributed by atoms with Gasteiger partial charge < -0.3 is 5.32 Å². The molecule has 0 aromatic carbocycles. The summed E-state index contributed by atoms with van der Waals surface area (Å²) in [5.41, 5.74) is 3.34. The minimum Gasteiger partial charge on any atom is -0.381 e. The SMILES string of the molecule is CCC(CC)C(C)Nc1cc(C)nc(C)c1C#N. The average Bonchev–Trinajstić information content (AvgIpc) is 2.30. The van der Waals surface area contributed by atoms with Crippen LogP contribution in [0.4, 0.5) is 5.69 Å². The molecule has 0 saturated carbocycles. The Bertz CT molecular complexity index is 442. The maximum absolute atomic E-state index is 9.23. The van der Waals surface area contributed by atoms with Crippen LogP contribution in [-0.2, 0) is 0 Å². The van der Waals surface area contributed by atoms with E-state index < -0.39 is 0 Å². The van der Waals surface area contributed by atoms with Gasteiger partial charge in [0.2, 0.25) is 0 Å². The molecule has 1 aromatic rings. The van der Waals surface area contributed by atoms with Crippen LogP contribution in [0.25, 0.3) is 0 Å². The molecule has 3 nitrogen and oxygen atoms in total. The van der Waals surface area contributed by atoms with Crippen LogP contribution in [0.2, 0.25) is 0 Å². The number of hydrogen-bond donors (Lipinski definition) is 1. The highest BCUT2D eigenvalue weighted by Crippen LogP contribution is 2.23. The van der Waals surface area contributed by atoms with Crippen LogP contribution in [0, 0.1) is 31.1 Å². The number of pyridine rings is 1. The van der Waals surface area contributed by atoms with Crippen LogP contribution in [0.5, 0.6) is 0 Å². The molecule has 0 aliphatic rings. The molecule has 1 atom stereocenters. The van der Waals surface area contributed by atoms with Crippen molar-refractivity contribution in [3.05, 3.63) is 23.0 Å². The number of nitrogens with one attached hydrogen (secondary N) is 1. The molecule has 0 aliphatic heterocycles. The first-order chi connectivity index (χ1) is 8.53. The van der Waals surface area contributed by atoms with E-state index in [4.69, 9.17) is 0 Å². The van der Waals surface area contributed by atoms with Crippen molar-refractivity contribution >= 4 is 5.69 Å². The van der Waals surface area contributed by atoms with E-state index in [0.29, 0.717) is 17.5 Å². The van der Waals surface area contributed by atoms with Crippen molar-refractivity contribution in [2.75, 3.05) is 5.32 Å². The second kappa shape index (κ2) is 6.39. The van der Waals surface area contributed by atoms with Crippen LogP contribution in [0.1, 0.15) is 50.6 Å². The Morgan fingerprint density at radius 3 is 2.44 bits per heavy atom. The predicted octanol–water partition coefficient (Wildman–Crippen LogP) is 3.81. The molecule has 0 radical (unpaired) electrons. The van der Waals surface area contributed by atoms with Gasteiger partial charge in [0.05, 0.1) is 16.9 Å². The molecular formula is C15H23N3. The zero-order chi connectivity index (χ0) is 13.7. The first kappa shape index (κ1) is 14.5. The summed E-state index contributed by atoms with van der Waals surface area (Å²) in [6, 6.07) is 4.58. The van der Waals surface area contributed by atoms with Gasteiger partial charge in [-0.3, -0.25) is 4.98 Å². The standard InChI is InChI=1S/C15H23N3/c1-6-13(7-2)11(4)18-15-8-10(3)17-12(5)14(15)9-16/h8,11,13H,6-7H2,1-5H3,(H,17,18). The third-order valence-electron chi connectivity index (χ3n) is 3.58. The van der Waals surface area contributed by atoms with E-state index in [2.05, 4.69) is 37.1 Å². The molecule has 1 rings (SSSR count). The number of nitrogens with zero attached hydrogens (tertiary/aromatic N) is 2. The first-order valence-corrected chi connectivity index (χ1v) is 6.68. The molecule has 1 unspecified atom stereocenters. The second-order valence-electron chi connectivity index (χ2n) is 4.89. The molecule has 3 heteroatoms.